The maximum atomic E-state index is 12.2. The molecule has 3 aromatic rings. The van der Waals surface area contributed by atoms with E-state index < -0.39 is 5.97 Å². The standard InChI is InChI=1S/C17H14BrNO3/c1-21-10-16(17(20)22-2)19-14-6-4-3-5-12(14)13-8-7-11(18)9-15(13)19/h3-10H,1-2H3/b16-10-. The van der Waals surface area contributed by atoms with Gasteiger partial charge in [0.25, 0.3) is 0 Å². The minimum Gasteiger partial charge on any atom is -0.502 e. The van der Waals surface area contributed by atoms with Crippen molar-refractivity contribution >= 4 is 49.4 Å². The van der Waals surface area contributed by atoms with Crippen molar-refractivity contribution in [3.63, 3.8) is 0 Å². The zero-order valence-corrected chi connectivity index (χ0v) is 13.8. The Morgan fingerprint density at radius 1 is 1.09 bits per heavy atom. The van der Waals surface area contributed by atoms with Gasteiger partial charge in [0.15, 0.2) is 5.70 Å². The van der Waals surface area contributed by atoms with E-state index in [0.717, 1.165) is 26.3 Å². The first-order valence-corrected chi connectivity index (χ1v) is 7.47. The second-order valence-electron chi connectivity index (χ2n) is 4.74. The van der Waals surface area contributed by atoms with Gasteiger partial charge in [-0.25, -0.2) is 4.79 Å². The van der Waals surface area contributed by atoms with Crippen LogP contribution in [0.4, 0.5) is 0 Å². The van der Waals surface area contributed by atoms with Crippen LogP contribution in [0.25, 0.3) is 27.5 Å². The minimum atomic E-state index is -0.454. The first kappa shape index (κ1) is 14.7. The molecule has 4 nitrogen and oxygen atoms in total. The van der Waals surface area contributed by atoms with Crippen molar-refractivity contribution in [2.24, 2.45) is 0 Å². The van der Waals surface area contributed by atoms with E-state index in [0.29, 0.717) is 5.70 Å². The summed E-state index contributed by atoms with van der Waals surface area (Å²) in [6, 6.07) is 13.9. The summed E-state index contributed by atoms with van der Waals surface area (Å²) in [5.74, 6) is -0.454. The van der Waals surface area contributed by atoms with Crippen LogP contribution in [0.3, 0.4) is 0 Å². The quantitative estimate of drug-likeness (QED) is 0.400. The van der Waals surface area contributed by atoms with Gasteiger partial charge in [0.05, 0.1) is 25.3 Å². The van der Waals surface area contributed by atoms with Gasteiger partial charge in [-0.3, -0.25) is 0 Å². The molecule has 22 heavy (non-hydrogen) atoms. The van der Waals surface area contributed by atoms with E-state index in [2.05, 4.69) is 15.9 Å². The molecule has 0 atom stereocenters. The number of carbonyl (C=O) groups excluding carboxylic acids is 1. The average Bonchev–Trinajstić information content (AvgIpc) is 2.85. The maximum absolute atomic E-state index is 12.2. The summed E-state index contributed by atoms with van der Waals surface area (Å²) in [4.78, 5) is 12.2. The Bertz CT molecular complexity index is 895. The highest BCUT2D eigenvalue weighted by Gasteiger charge is 2.19. The van der Waals surface area contributed by atoms with Gasteiger partial charge >= 0.3 is 5.97 Å². The lowest BCUT2D eigenvalue weighted by Gasteiger charge is -2.10. The second kappa shape index (κ2) is 5.85. The lowest BCUT2D eigenvalue weighted by molar-refractivity contribution is -0.134. The van der Waals surface area contributed by atoms with Gasteiger partial charge in [-0.05, 0) is 18.2 Å². The number of para-hydroxylation sites is 1. The largest absolute Gasteiger partial charge is 0.502 e. The predicted octanol–water partition coefficient (Wildman–Crippen LogP) is 4.17. The monoisotopic (exact) mass is 359 g/mol. The summed E-state index contributed by atoms with van der Waals surface area (Å²) < 4.78 is 12.8. The Labute approximate surface area is 136 Å². The molecule has 0 fully saturated rings. The van der Waals surface area contributed by atoms with Crippen LogP contribution in [-0.4, -0.2) is 24.8 Å². The molecule has 0 spiro atoms. The van der Waals surface area contributed by atoms with Crippen molar-refractivity contribution in [3.8, 4) is 0 Å². The van der Waals surface area contributed by atoms with Gasteiger partial charge in [0.2, 0.25) is 0 Å². The van der Waals surface area contributed by atoms with Crippen molar-refractivity contribution in [3.05, 3.63) is 53.2 Å². The Hall–Kier alpha value is -2.27. The molecule has 0 aliphatic carbocycles. The van der Waals surface area contributed by atoms with Crippen LogP contribution < -0.4 is 0 Å². The number of methoxy groups -OCH3 is 2. The van der Waals surface area contributed by atoms with E-state index >= 15 is 0 Å². The number of benzene rings is 2. The zero-order valence-electron chi connectivity index (χ0n) is 12.2. The fourth-order valence-electron chi connectivity index (χ4n) is 2.61. The number of carbonyl (C=O) groups is 1. The van der Waals surface area contributed by atoms with Gasteiger partial charge in [0, 0.05) is 15.2 Å². The molecule has 112 valence electrons. The lowest BCUT2D eigenvalue weighted by Crippen LogP contribution is -2.10. The molecule has 0 amide bonds. The number of esters is 1. The number of hydrogen-bond donors (Lipinski definition) is 0. The number of nitrogens with zero attached hydrogens (tertiary/aromatic N) is 1. The predicted molar refractivity (Wildman–Crippen MR) is 90.4 cm³/mol. The van der Waals surface area contributed by atoms with E-state index in [-0.39, 0.29) is 0 Å². The van der Waals surface area contributed by atoms with Crippen LogP contribution in [-0.2, 0) is 14.3 Å². The van der Waals surface area contributed by atoms with Crippen molar-refractivity contribution in [2.45, 2.75) is 0 Å². The Morgan fingerprint density at radius 3 is 2.55 bits per heavy atom. The number of halogens is 1. The van der Waals surface area contributed by atoms with Crippen LogP contribution in [0.1, 0.15) is 0 Å². The molecule has 0 bridgehead atoms. The molecule has 0 saturated heterocycles. The smallest absolute Gasteiger partial charge is 0.358 e. The third-order valence-corrected chi connectivity index (χ3v) is 3.99. The van der Waals surface area contributed by atoms with E-state index in [9.17, 15) is 4.79 Å². The summed E-state index contributed by atoms with van der Waals surface area (Å²) >= 11 is 3.49. The molecule has 0 unspecified atom stereocenters. The highest BCUT2D eigenvalue weighted by atomic mass is 79.9. The molecular weight excluding hydrogens is 346 g/mol. The van der Waals surface area contributed by atoms with Gasteiger partial charge in [-0.1, -0.05) is 40.2 Å². The Kier molecular flexibility index (Phi) is 3.90. The average molecular weight is 360 g/mol. The topological polar surface area (TPSA) is 40.5 Å². The summed E-state index contributed by atoms with van der Waals surface area (Å²) in [7, 11) is 2.86. The number of rotatable bonds is 3. The van der Waals surface area contributed by atoms with Crippen LogP contribution >= 0.6 is 15.9 Å². The molecular formula is C17H14BrNO3. The zero-order chi connectivity index (χ0) is 15.7. The molecule has 0 aliphatic rings. The van der Waals surface area contributed by atoms with Crippen molar-refractivity contribution in [1.82, 2.24) is 4.57 Å². The third kappa shape index (κ3) is 2.27. The van der Waals surface area contributed by atoms with Crippen molar-refractivity contribution < 1.29 is 14.3 Å². The number of fused-ring (bicyclic) bond motifs is 3. The number of ether oxygens (including phenoxy) is 2. The van der Waals surface area contributed by atoms with Gasteiger partial charge < -0.3 is 14.0 Å². The van der Waals surface area contributed by atoms with Crippen LogP contribution in [0.15, 0.2) is 53.2 Å². The van der Waals surface area contributed by atoms with Crippen LogP contribution in [0, 0.1) is 0 Å². The lowest BCUT2D eigenvalue weighted by atomic mass is 10.2. The molecule has 5 heteroatoms. The minimum absolute atomic E-state index is 0.328. The maximum Gasteiger partial charge on any atom is 0.358 e. The van der Waals surface area contributed by atoms with E-state index in [4.69, 9.17) is 9.47 Å². The van der Waals surface area contributed by atoms with E-state index in [1.165, 1.54) is 20.5 Å². The summed E-state index contributed by atoms with van der Waals surface area (Å²) in [6.45, 7) is 0. The molecule has 1 heterocycles. The molecule has 0 N–H and O–H groups in total. The molecule has 2 aromatic carbocycles. The number of aromatic nitrogens is 1. The first-order chi connectivity index (χ1) is 10.7. The van der Waals surface area contributed by atoms with Crippen molar-refractivity contribution in [2.75, 3.05) is 14.2 Å². The summed E-state index contributed by atoms with van der Waals surface area (Å²) in [5, 5.41) is 2.13. The Morgan fingerprint density at radius 2 is 1.82 bits per heavy atom. The fourth-order valence-corrected chi connectivity index (χ4v) is 2.96. The van der Waals surface area contributed by atoms with Crippen LogP contribution in [0.2, 0.25) is 0 Å². The van der Waals surface area contributed by atoms with Gasteiger partial charge in [0.1, 0.15) is 6.26 Å². The highest BCUT2D eigenvalue weighted by Crippen LogP contribution is 2.33. The first-order valence-electron chi connectivity index (χ1n) is 6.67. The molecule has 1 aromatic heterocycles. The normalized spacial score (nSPS) is 11.9. The van der Waals surface area contributed by atoms with E-state index in [1.807, 2.05) is 47.0 Å². The third-order valence-electron chi connectivity index (χ3n) is 3.50. The number of hydrogen-bond acceptors (Lipinski definition) is 3. The SMILES string of the molecule is CO/C=C(/C(=O)OC)n1c2ccccc2c2ccc(Br)cc21. The molecule has 0 saturated carbocycles. The molecule has 0 radical (unpaired) electrons. The highest BCUT2D eigenvalue weighted by molar-refractivity contribution is 9.10. The Balaban J connectivity index is 2.46. The van der Waals surface area contributed by atoms with Crippen molar-refractivity contribution in [1.29, 1.82) is 0 Å². The fraction of sp³-hybridized carbons (Fsp3) is 0.118. The summed E-state index contributed by atoms with van der Waals surface area (Å²) in [6.07, 6.45) is 1.40. The second-order valence-corrected chi connectivity index (χ2v) is 5.66. The van der Waals surface area contributed by atoms with Gasteiger partial charge in [-0.15, -0.1) is 0 Å². The molecule has 3 rings (SSSR count). The summed E-state index contributed by atoms with van der Waals surface area (Å²) in [5.41, 5.74) is 2.16. The van der Waals surface area contributed by atoms with E-state index in [1.54, 1.807) is 0 Å². The van der Waals surface area contributed by atoms with Gasteiger partial charge in [-0.2, -0.15) is 0 Å². The molecule has 0 aliphatic heterocycles. The van der Waals surface area contributed by atoms with Crippen LogP contribution in [0.5, 0.6) is 0 Å².